The number of hydrogen-bond donors (Lipinski definition) is 1. The third kappa shape index (κ3) is 2.96. The van der Waals surface area contributed by atoms with Gasteiger partial charge in [0.2, 0.25) is 0 Å². The van der Waals surface area contributed by atoms with E-state index >= 15 is 0 Å². The lowest BCUT2D eigenvalue weighted by Crippen LogP contribution is -2.14. The van der Waals surface area contributed by atoms with Gasteiger partial charge in [-0.1, -0.05) is 35.9 Å². The average molecular weight is 243 g/mol. The van der Waals surface area contributed by atoms with E-state index in [-0.39, 0.29) is 11.9 Å². The molecule has 0 heterocycles. The van der Waals surface area contributed by atoms with Crippen LogP contribution in [0, 0.1) is 19.7 Å². The molecule has 0 radical (unpaired) electrons. The standard InChI is InChI=1S/C16H18FN/c1-11-3-8-15(12(2)9-11)16(18)10-13-4-6-14(17)7-5-13/h3-9,16H,10,18H2,1-2H3. The minimum absolute atomic E-state index is 0.0453. The fraction of sp³-hybridized carbons (Fsp3) is 0.250. The molecule has 0 saturated carbocycles. The second-order valence-electron chi connectivity index (χ2n) is 4.80. The van der Waals surface area contributed by atoms with Crippen LogP contribution < -0.4 is 5.73 Å². The van der Waals surface area contributed by atoms with Crippen molar-refractivity contribution in [1.29, 1.82) is 0 Å². The van der Waals surface area contributed by atoms with Crippen molar-refractivity contribution in [3.05, 3.63) is 70.5 Å². The highest BCUT2D eigenvalue weighted by Crippen LogP contribution is 2.20. The van der Waals surface area contributed by atoms with Gasteiger partial charge in [-0.25, -0.2) is 4.39 Å². The molecule has 0 spiro atoms. The summed E-state index contributed by atoms with van der Waals surface area (Å²) in [5.74, 6) is -0.209. The van der Waals surface area contributed by atoms with Crippen molar-refractivity contribution in [2.45, 2.75) is 26.3 Å². The molecule has 18 heavy (non-hydrogen) atoms. The first-order chi connectivity index (χ1) is 8.56. The van der Waals surface area contributed by atoms with Gasteiger partial charge < -0.3 is 5.73 Å². The number of nitrogens with two attached hydrogens (primary N) is 1. The highest BCUT2D eigenvalue weighted by Gasteiger charge is 2.09. The minimum atomic E-state index is -0.209. The quantitative estimate of drug-likeness (QED) is 0.874. The van der Waals surface area contributed by atoms with Gasteiger partial charge in [-0.15, -0.1) is 0 Å². The number of halogens is 1. The maximum Gasteiger partial charge on any atom is 0.123 e. The van der Waals surface area contributed by atoms with Crippen molar-refractivity contribution in [3.63, 3.8) is 0 Å². The van der Waals surface area contributed by atoms with Crippen LogP contribution in [0.15, 0.2) is 42.5 Å². The summed E-state index contributed by atoms with van der Waals surface area (Å²) >= 11 is 0. The molecule has 0 bridgehead atoms. The Morgan fingerprint density at radius 3 is 2.33 bits per heavy atom. The van der Waals surface area contributed by atoms with E-state index in [1.807, 2.05) is 0 Å². The Morgan fingerprint density at radius 2 is 1.72 bits per heavy atom. The normalized spacial score (nSPS) is 12.4. The van der Waals surface area contributed by atoms with Crippen molar-refractivity contribution in [2.75, 3.05) is 0 Å². The topological polar surface area (TPSA) is 26.0 Å². The molecule has 0 aliphatic heterocycles. The maximum atomic E-state index is 12.8. The van der Waals surface area contributed by atoms with Crippen LogP contribution in [0.1, 0.15) is 28.3 Å². The molecule has 1 unspecified atom stereocenters. The summed E-state index contributed by atoms with van der Waals surface area (Å²) in [6.07, 6.45) is 0.726. The van der Waals surface area contributed by atoms with E-state index < -0.39 is 0 Å². The third-order valence-electron chi connectivity index (χ3n) is 3.19. The monoisotopic (exact) mass is 243 g/mol. The van der Waals surface area contributed by atoms with Crippen molar-refractivity contribution in [3.8, 4) is 0 Å². The predicted octanol–water partition coefficient (Wildman–Crippen LogP) is 3.69. The summed E-state index contributed by atoms with van der Waals surface area (Å²) in [4.78, 5) is 0. The van der Waals surface area contributed by atoms with Gasteiger partial charge in [0.25, 0.3) is 0 Å². The van der Waals surface area contributed by atoms with Crippen LogP contribution in [0.2, 0.25) is 0 Å². The lowest BCUT2D eigenvalue weighted by atomic mass is 9.95. The fourth-order valence-electron chi connectivity index (χ4n) is 2.23. The molecule has 1 atom stereocenters. The SMILES string of the molecule is Cc1ccc(C(N)Cc2ccc(F)cc2)c(C)c1. The molecule has 2 aromatic rings. The van der Waals surface area contributed by atoms with E-state index in [1.165, 1.54) is 23.3 Å². The van der Waals surface area contributed by atoms with Gasteiger partial charge in [0.05, 0.1) is 0 Å². The number of benzene rings is 2. The molecule has 0 fully saturated rings. The van der Waals surface area contributed by atoms with E-state index in [0.717, 1.165) is 17.5 Å². The average Bonchev–Trinajstić information content (AvgIpc) is 2.32. The van der Waals surface area contributed by atoms with Gasteiger partial charge in [-0.2, -0.15) is 0 Å². The number of rotatable bonds is 3. The van der Waals surface area contributed by atoms with Crippen LogP contribution in [0.25, 0.3) is 0 Å². The smallest absolute Gasteiger partial charge is 0.123 e. The Balaban J connectivity index is 2.16. The van der Waals surface area contributed by atoms with Gasteiger partial charge in [0.15, 0.2) is 0 Å². The molecule has 0 aliphatic carbocycles. The van der Waals surface area contributed by atoms with Crippen molar-refractivity contribution in [1.82, 2.24) is 0 Å². The fourth-order valence-corrected chi connectivity index (χ4v) is 2.23. The van der Waals surface area contributed by atoms with Crippen LogP contribution in [-0.2, 0) is 6.42 Å². The van der Waals surface area contributed by atoms with E-state index in [0.29, 0.717) is 0 Å². The Morgan fingerprint density at radius 1 is 1.06 bits per heavy atom. The molecule has 0 amide bonds. The van der Waals surface area contributed by atoms with Crippen molar-refractivity contribution in [2.24, 2.45) is 5.73 Å². The molecule has 94 valence electrons. The molecule has 0 aliphatic rings. The summed E-state index contributed by atoms with van der Waals surface area (Å²) in [7, 11) is 0. The highest BCUT2D eigenvalue weighted by molar-refractivity contribution is 5.33. The molecule has 1 nitrogen and oxygen atoms in total. The zero-order valence-electron chi connectivity index (χ0n) is 10.8. The first-order valence-electron chi connectivity index (χ1n) is 6.13. The van der Waals surface area contributed by atoms with Crippen LogP contribution in [0.3, 0.4) is 0 Å². The van der Waals surface area contributed by atoms with Crippen molar-refractivity contribution >= 4 is 0 Å². The molecule has 2 rings (SSSR count). The number of aryl methyl sites for hydroxylation is 2. The third-order valence-corrected chi connectivity index (χ3v) is 3.19. The van der Waals surface area contributed by atoms with Gasteiger partial charge in [-0.05, 0) is 49.1 Å². The summed E-state index contributed by atoms with van der Waals surface area (Å²) in [5.41, 5.74) is 10.9. The zero-order valence-corrected chi connectivity index (χ0v) is 10.8. The molecule has 2 aromatic carbocycles. The molecule has 2 heteroatoms. The van der Waals surface area contributed by atoms with Gasteiger partial charge in [0, 0.05) is 6.04 Å². The summed E-state index contributed by atoms with van der Waals surface area (Å²) in [6.45, 7) is 4.15. The molecular weight excluding hydrogens is 225 g/mol. The van der Waals surface area contributed by atoms with Crippen LogP contribution in [0.4, 0.5) is 4.39 Å². The Bertz CT molecular complexity index is 531. The summed E-state index contributed by atoms with van der Waals surface area (Å²) < 4.78 is 12.8. The predicted molar refractivity (Wildman–Crippen MR) is 72.9 cm³/mol. The van der Waals surface area contributed by atoms with Crippen molar-refractivity contribution < 1.29 is 4.39 Å². The molecule has 0 saturated heterocycles. The van der Waals surface area contributed by atoms with Gasteiger partial charge >= 0.3 is 0 Å². The van der Waals surface area contributed by atoms with Crippen LogP contribution in [-0.4, -0.2) is 0 Å². The maximum absolute atomic E-state index is 12.8. The zero-order chi connectivity index (χ0) is 13.1. The second kappa shape index (κ2) is 5.32. The van der Waals surface area contributed by atoms with Gasteiger partial charge in [0.1, 0.15) is 5.82 Å². The molecule has 0 aromatic heterocycles. The minimum Gasteiger partial charge on any atom is -0.324 e. The van der Waals surface area contributed by atoms with E-state index in [4.69, 9.17) is 5.73 Å². The first-order valence-corrected chi connectivity index (χ1v) is 6.13. The summed E-state index contributed by atoms with van der Waals surface area (Å²) in [5, 5.41) is 0. The molecular formula is C16H18FN. The van der Waals surface area contributed by atoms with Crippen LogP contribution in [0.5, 0.6) is 0 Å². The van der Waals surface area contributed by atoms with E-state index in [2.05, 4.69) is 32.0 Å². The van der Waals surface area contributed by atoms with E-state index in [9.17, 15) is 4.39 Å². The van der Waals surface area contributed by atoms with Gasteiger partial charge in [-0.3, -0.25) is 0 Å². The lowest BCUT2D eigenvalue weighted by Gasteiger charge is -2.15. The Hall–Kier alpha value is -1.67. The molecule has 2 N–H and O–H groups in total. The Labute approximate surface area is 107 Å². The number of hydrogen-bond acceptors (Lipinski definition) is 1. The van der Waals surface area contributed by atoms with Crippen LogP contribution >= 0.6 is 0 Å². The summed E-state index contributed by atoms with van der Waals surface area (Å²) in [6, 6.07) is 12.8. The highest BCUT2D eigenvalue weighted by atomic mass is 19.1. The Kier molecular flexibility index (Phi) is 3.78. The second-order valence-corrected chi connectivity index (χ2v) is 4.80. The largest absolute Gasteiger partial charge is 0.324 e. The lowest BCUT2D eigenvalue weighted by molar-refractivity contribution is 0.625. The first kappa shape index (κ1) is 12.8. The van der Waals surface area contributed by atoms with E-state index in [1.54, 1.807) is 12.1 Å².